The molecule has 2 heterocycles. The average molecular weight is 276 g/mol. The zero-order valence-corrected chi connectivity index (χ0v) is 10.8. The Balaban J connectivity index is 1.80. The van der Waals surface area contributed by atoms with Gasteiger partial charge in [0.05, 0.1) is 0 Å². The van der Waals surface area contributed by atoms with Crippen molar-refractivity contribution in [3.8, 4) is 11.5 Å². The zero-order chi connectivity index (χ0) is 14.3. The lowest BCUT2D eigenvalue weighted by Gasteiger charge is -2.16. The van der Waals surface area contributed by atoms with Crippen LogP contribution in [0.25, 0.3) is 0 Å². The molecule has 3 N–H and O–H groups in total. The number of nitrogens with one attached hydrogen (secondary N) is 1. The van der Waals surface area contributed by atoms with Gasteiger partial charge in [0.15, 0.2) is 11.5 Å². The summed E-state index contributed by atoms with van der Waals surface area (Å²) in [6.45, 7) is 3.60. The molecule has 8 heteroatoms. The van der Waals surface area contributed by atoms with Crippen LogP contribution in [0.3, 0.4) is 0 Å². The minimum atomic E-state index is -0.717. The highest BCUT2D eigenvalue weighted by Crippen LogP contribution is 2.40. The SMILES string of the molecule is CC1(C)Oc2ccc(NC(=O)c3nonc3N)cc2O1. The van der Waals surface area contributed by atoms with Crippen LogP contribution in [0.2, 0.25) is 0 Å². The van der Waals surface area contributed by atoms with Crippen LogP contribution in [0.1, 0.15) is 24.3 Å². The van der Waals surface area contributed by atoms with Gasteiger partial charge in [0.2, 0.25) is 17.3 Å². The van der Waals surface area contributed by atoms with Crippen LogP contribution in [0.4, 0.5) is 11.5 Å². The molecule has 20 heavy (non-hydrogen) atoms. The highest BCUT2D eigenvalue weighted by Gasteiger charge is 2.31. The second-order valence-corrected chi connectivity index (χ2v) is 4.72. The maximum absolute atomic E-state index is 11.9. The van der Waals surface area contributed by atoms with Crippen LogP contribution in [-0.2, 0) is 0 Å². The topological polar surface area (TPSA) is 112 Å². The molecular weight excluding hydrogens is 264 g/mol. The van der Waals surface area contributed by atoms with E-state index in [-0.39, 0.29) is 11.5 Å². The van der Waals surface area contributed by atoms with Crippen molar-refractivity contribution >= 4 is 17.4 Å². The zero-order valence-electron chi connectivity index (χ0n) is 10.8. The van der Waals surface area contributed by atoms with E-state index in [2.05, 4.69) is 20.3 Å². The maximum Gasteiger partial charge on any atom is 0.281 e. The molecule has 8 nitrogen and oxygen atoms in total. The van der Waals surface area contributed by atoms with E-state index in [1.54, 1.807) is 32.0 Å². The van der Waals surface area contributed by atoms with Gasteiger partial charge >= 0.3 is 0 Å². The number of benzene rings is 1. The van der Waals surface area contributed by atoms with Gasteiger partial charge in [0.1, 0.15) is 0 Å². The Morgan fingerprint density at radius 2 is 2.00 bits per heavy atom. The van der Waals surface area contributed by atoms with Gasteiger partial charge in [-0.2, -0.15) is 0 Å². The van der Waals surface area contributed by atoms with Crippen LogP contribution in [0.5, 0.6) is 11.5 Å². The number of hydrogen-bond acceptors (Lipinski definition) is 7. The molecule has 0 unspecified atom stereocenters. The molecule has 1 amide bonds. The van der Waals surface area contributed by atoms with Crippen LogP contribution < -0.4 is 20.5 Å². The number of nitrogen functional groups attached to an aromatic ring is 1. The number of ether oxygens (including phenoxy) is 2. The first-order chi connectivity index (χ1) is 9.44. The van der Waals surface area contributed by atoms with Crippen molar-refractivity contribution in [2.75, 3.05) is 11.1 Å². The van der Waals surface area contributed by atoms with Crippen LogP contribution >= 0.6 is 0 Å². The summed E-state index contributed by atoms with van der Waals surface area (Å²) in [5.41, 5.74) is 5.91. The molecule has 0 atom stereocenters. The molecule has 1 aliphatic rings. The first-order valence-corrected chi connectivity index (χ1v) is 5.86. The molecular formula is C12H12N4O4. The van der Waals surface area contributed by atoms with Crippen molar-refractivity contribution in [2.45, 2.75) is 19.6 Å². The van der Waals surface area contributed by atoms with E-state index in [0.717, 1.165) is 0 Å². The smallest absolute Gasteiger partial charge is 0.281 e. The van der Waals surface area contributed by atoms with Gasteiger partial charge in [-0.15, -0.1) is 0 Å². The lowest BCUT2D eigenvalue weighted by Crippen LogP contribution is -2.29. The lowest BCUT2D eigenvalue weighted by atomic mass is 10.2. The predicted molar refractivity (Wildman–Crippen MR) is 68.4 cm³/mol. The second-order valence-electron chi connectivity index (χ2n) is 4.72. The number of carbonyl (C=O) groups excluding carboxylic acids is 1. The molecule has 1 aliphatic heterocycles. The number of amides is 1. The molecule has 0 spiro atoms. The highest BCUT2D eigenvalue weighted by molar-refractivity contribution is 6.05. The van der Waals surface area contributed by atoms with Crippen molar-refractivity contribution in [1.29, 1.82) is 0 Å². The Hall–Kier alpha value is -2.77. The van der Waals surface area contributed by atoms with E-state index in [0.29, 0.717) is 17.2 Å². The summed E-state index contributed by atoms with van der Waals surface area (Å²) in [7, 11) is 0. The number of rotatable bonds is 2. The minimum Gasteiger partial charge on any atom is -0.449 e. The number of nitrogens with zero attached hydrogens (tertiary/aromatic N) is 2. The fourth-order valence-corrected chi connectivity index (χ4v) is 1.84. The standard InChI is InChI=1S/C12H12N4O4/c1-12(2)18-7-4-3-6(5-8(7)19-12)14-11(17)9-10(13)16-20-15-9/h3-5H,1-2H3,(H2,13,16)(H,14,17). The van der Waals surface area contributed by atoms with E-state index in [9.17, 15) is 4.79 Å². The van der Waals surface area contributed by atoms with Gasteiger partial charge in [-0.3, -0.25) is 4.79 Å². The van der Waals surface area contributed by atoms with E-state index >= 15 is 0 Å². The van der Waals surface area contributed by atoms with Gasteiger partial charge in [0, 0.05) is 25.6 Å². The molecule has 0 radical (unpaired) electrons. The Labute approximate surface area is 113 Å². The van der Waals surface area contributed by atoms with Crippen molar-refractivity contribution < 1.29 is 18.9 Å². The largest absolute Gasteiger partial charge is 0.449 e. The molecule has 0 saturated carbocycles. The number of aromatic nitrogens is 2. The van der Waals surface area contributed by atoms with Gasteiger partial charge in [-0.25, -0.2) is 4.63 Å². The number of nitrogens with two attached hydrogens (primary N) is 1. The van der Waals surface area contributed by atoms with Crippen molar-refractivity contribution in [2.24, 2.45) is 0 Å². The number of carbonyl (C=O) groups is 1. The fraction of sp³-hybridized carbons (Fsp3) is 0.250. The summed E-state index contributed by atoms with van der Waals surface area (Å²) in [4.78, 5) is 11.9. The summed E-state index contributed by atoms with van der Waals surface area (Å²) >= 11 is 0. The highest BCUT2D eigenvalue weighted by atomic mass is 16.7. The summed E-state index contributed by atoms with van der Waals surface area (Å²) < 4.78 is 15.5. The molecule has 0 aliphatic carbocycles. The predicted octanol–water partition coefficient (Wildman–Crippen LogP) is 1.41. The van der Waals surface area contributed by atoms with Crippen molar-refractivity contribution in [1.82, 2.24) is 10.3 Å². The normalized spacial score (nSPS) is 15.1. The first-order valence-electron chi connectivity index (χ1n) is 5.86. The average Bonchev–Trinajstić information content (AvgIpc) is 2.90. The summed E-state index contributed by atoms with van der Waals surface area (Å²) in [5.74, 6) is -0.119. The molecule has 2 aromatic rings. The summed E-state index contributed by atoms with van der Waals surface area (Å²) in [6, 6.07) is 5.06. The second kappa shape index (κ2) is 4.12. The first kappa shape index (κ1) is 12.3. The van der Waals surface area contributed by atoms with E-state index in [1.807, 2.05) is 0 Å². The Bertz CT molecular complexity index is 680. The molecule has 0 fully saturated rings. The number of fused-ring (bicyclic) bond motifs is 1. The minimum absolute atomic E-state index is 0.0654. The van der Waals surface area contributed by atoms with Crippen LogP contribution in [0, 0.1) is 0 Å². The monoisotopic (exact) mass is 276 g/mol. The number of anilines is 2. The van der Waals surface area contributed by atoms with Crippen molar-refractivity contribution in [3.63, 3.8) is 0 Å². The fourth-order valence-electron chi connectivity index (χ4n) is 1.84. The van der Waals surface area contributed by atoms with Gasteiger partial charge in [-0.1, -0.05) is 0 Å². The molecule has 3 rings (SSSR count). The maximum atomic E-state index is 11.9. The Morgan fingerprint density at radius 3 is 2.70 bits per heavy atom. The lowest BCUT2D eigenvalue weighted by molar-refractivity contribution is -0.0431. The van der Waals surface area contributed by atoms with Gasteiger partial charge in [-0.05, 0) is 22.4 Å². The molecule has 1 aromatic heterocycles. The van der Waals surface area contributed by atoms with Gasteiger partial charge < -0.3 is 20.5 Å². The quantitative estimate of drug-likeness (QED) is 0.852. The molecule has 104 valence electrons. The molecule has 0 bridgehead atoms. The van der Waals surface area contributed by atoms with Gasteiger partial charge in [0.25, 0.3) is 5.91 Å². The van der Waals surface area contributed by atoms with E-state index < -0.39 is 11.7 Å². The Morgan fingerprint density at radius 1 is 1.25 bits per heavy atom. The molecule has 1 aromatic carbocycles. The van der Waals surface area contributed by atoms with E-state index in [4.69, 9.17) is 15.2 Å². The van der Waals surface area contributed by atoms with E-state index in [1.165, 1.54) is 0 Å². The Kier molecular flexibility index (Phi) is 2.53. The summed E-state index contributed by atoms with van der Waals surface area (Å²) in [6.07, 6.45) is 0. The van der Waals surface area contributed by atoms with Crippen molar-refractivity contribution in [3.05, 3.63) is 23.9 Å². The number of hydrogen-bond donors (Lipinski definition) is 2. The third-order valence-electron chi connectivity index (χ3n) is 2.64. The van der Waals surface area contributed by atoms with Crippen LogP contribution in [-0.4, -0.2) is 22.0 Å². The van der Waals surface area contributed by atoms with Crippen LogP contribution in [0.15, 0.2) is 22.8 Å². The molecule has 0 saturated heterocycles. The third kappa shape index (κ3) is 2.11. The third-order valence-corrected chi connectivity index (χ3v) is 2.64. The summed E-state index contributed by atoms with van der Waals surface area (Å²) in [5, 5.41) is 9.40.